The average molecular weight is 398 g/mol. The molecule has 4 aromatic rings. The predicted octanol–water partition coefficient (Wildman–Crippen LogP) is 4.51. The molecule has 8 nitrogen and oxygen atoms in total. The highest BCUT2D eigenvalue weighted by molar-refractivity contribution is 5.74. The zero-order valence-electron chi connectivity index (χ0n) is 16.5. The van der Waals surface area contributed by atoms with Crippen LogP contribution in [-0.2, 0) is 6.42 Å². The van der Waals surface area contributed by atoms with E-state index >= 15 is 0 Å². The van der Waals surface area contributed by atoms with Crippen LogP contribution in [0.3, 0.4) is 0 Å². The molecule has 0 aliphatic rings. The maximum atomic E-state index is 11.3. The summed E-state index contributed by atoms with van der Waals surface area (Å²) in [4.78, 5) is 17.1. The number of hydrogen-bond donors (Lipinski definition) is 0. The highest BCUT2D eigenvalue weighted by Crippen LogP contribution is 2.30. The second-order valence-electron chi connectivity index (χ2n) is 6.74. The minimum atomic E-state index is -0.472. The summed E-state index contributed by atoms with van der Waals surface area (Å²) in [5.41, 5.74) is 4.15. The molecule has 0 amide bonds. The Morgan fingerprint density at radius 2 is 1.93 bits per heavy atom. The third kappa shape index (κ3) is 3.22. The minimum Gasteiger partial charge on any atom is -0.329 e. The molecule has 4 rings (SSSR count). The van der Waals surface area contributed by atoms with Gasteiger partial charge in [0.15, 0.2) is 0 Å². The normalized spacial score (nSPS) is 10.7. The van der Waals surface area contributed by atoms with Crippen LogP contribution in [0.2, 0.25) is 0 Å². The monoisotopic (exact) mass is 398 g/mol. The number of anilines is 2. The van der Waals surface area contributed by atoms with Crippen molar-refractivity contribution in [1.82, 2.24) is 14.6 Å². The van der Waals surface area contributed by atoms with Crippen molar-refractivity contribution in [3.63, 3.8) is 0 Å². The fourth-order valence-electron chi connectivity index (χ4n) is 3.36. The molecule has 8 heteroatoms. The molecule has 0 aliphatic heterocycles. The molecule has 0 aliphatic carbocycles. The van der Waals surface area contributed by atoms with Gasteiger partial charge in [0.2, 0.25) is 5.65 Å². The topological polar surface area (TPSA) is 100 Å². The average Bonchev–Trinajstić information content (AvgIpc) is 3.22. The molecule has 2 aromatic heterocycles. The molecule has 0 saturated carbocycles. The standard InChI is InChI=1S/C22H18N6O2/c1-3-17-12-21(27-22(25-17)20(14-24-27)28(29)30)26(2)18-10-8-15(9-11-18)19-7-5-4-6-16(19)13-23/h4-12,14H,3H2,1-2H3. The zero-order chi connectivity index (χ0) is 21.3. The summed E-state index contributed by atoms with van der Waals surface area (Å²) in [5.74, 6) is 0.676. The van der Waals surface area contributed by atoms with Gasteiger partial charge in [0, 0.05) is 24.5 Å². The molecule has 0 fully saturated rings. The molecular weight excluding hydrogens is 380 g/mol. The van der Waals surface area contributed by atoms with Crippen molar-refractivity contribution in [3.05, 3.63) is 82.2 Å². The molecular formula is C22H18N6O2. The lowest BCUT2D eigenvalue weighted by Gasteiger charge is -2.21. The Morgan fingerprint density at radius 3 is 2.60 bits per heavy atom. The predicted molar refractivity (Wildman–Crippen MR) is 114 cm³/mol. The quantitative estimate of drug-likeness (QED) is 0.362. The summed E-state index contributed by atoms with van der Waals surface area (Å²) in [7, 11) is 1.87. The Morgan fingerprint density at radius 1 is 1.20 bits per heavy atom. The molecule has 2 heterocycles. The van der Waals surface area contributed by atoms with Gasteiger partial charge in [-0.1, -0.05) is 37.3 Å². The number of nitro groups is 1. The third-order valence-corrected chi connectivity index (χ3v) is 5.00. The summed E-state index contributed by atoms with van der Waals surface area (Å²) in [5, 5.41) is 24.9. The van der Waals surface area contributed by atoms with E-state index in [1.54, 1.807) is 6.07 Å². The molecule has 0 atom stereocenters. The van der Waals surface area contributed by atoms with E-state index in [1.165, 1.54) is 10.7 Å². The van der Waals surface area contributed by atoms with Crippen molar-refractivity contribution in [2.75, 3.05) is 11.9 Å². The van der Waals surface area contributed by atoms with Gasteiger partial charge >= 0.3 is 5.69 Å². The van der Waals surface area contributed by atoms with Crippen LogP contribution >= 0.6 is 0 Å². The van der Waals surface area contributed by atoms with Crippen LogP contribution in [0.1, 0.15) is 18.2 Å². The van der Waals surface area contributed by atoms with Crippen LogP contribution in [-0.4, -0.2) is 26.6 Å². The van der Waals surface area contributed by atoms with E-state index in [2.05, 4.69) is 16.2 Å². The molecule has 30 heavy (non-hydrogen) atoms. The number of aromatic nitrogens is 3. The van der Waals surface area contributed by atoms with Gasteiger partial charge < -0.3 is 4.90 Å². The van der Waals surface area contributed by atoms with Gasteiger partial charge in [0.1, 0.15) is 12.0 Å². The second-order valence-corrected chi connectivity index (χ2v) is 6.74. The lowest BCUT2D eigenvalue weighted by Crippen LogP contribution is -2.15. The Balaban J connectivity index is 1.76. The van der Waals surface area contributed by atoms with E-state index in [4.69, 9.17) is 0 Å². The van der Waals surface area contributed by atoms with Crippen LogP contribution in [0.15, 0.2) is 60.8 Å². The summed E-state index contributed by atoms with van der Waals surface area (Å²) < 4.78 is 1.48. The number of nitrogens with zero attached hydrogens (tertiary/aromatic N) is 6. The minimum absolute atomic E-state index is 0.122. The number of fused-ring (bicyclic) bond motifs is 1. The van der Waals surface area contributed by atoms with Crippen LogP contribution < -0.4 is 4.90 Å². The van der Waals surface area contributed by atoms with E-state index in [9.17, 15) is 15.4 Å². The highest BCUT2D eigenvalue weighted by atomic mass is 16.6. The van der Waals surface area contributed by atoms with Crippen molar-refractivity contribution < 1.29 is 4.92 Å². The number of benzene rings is 2. The van der Waals surface area contributed by atoms with E-state index in [0.717, 1.165) is 22.5 Å². The Bertz CT molecular complexity index is 1290. The SMILES string of the molecule is CCc1cc(N(C)c2ccc(-c3ccccc3C#N)cc2)n2ncc([N+](=O)[O-])c2n1. The first-order chi connectivity index (χ1) is 14.5. The van der Waals surface area contributed by atoms with Gasteiger partial charge in [0.25, 0.3) is 0 Å². The van der Waals surface area contributed by atoms with E-state index in [1.807, 2.05) is 67.4 Å². The van der Waals surface area contributed by atoms with Gasteiger partial charge in [-0.05, 0) is 35.7 Å². The molecule has 0 N–H and O–H groups in total. The van der Waals surface area contributed by atoms with Crippen LogP contribution in [0.4, 0.5) is 17.2 Å². The van der Waals surface area contributed by atoms with Crippen molar-refractivity contribution in [3.8, 4) is 17.2 Å². The van der Waals surface area contributed by atoms with Crippen molar-refractivity contribution >= 4 is 22.8 Å². The largest absolute Gasteiger partial charge is 0.333 e. The highest BCUT2D eigenvalue weighted by Gasteiger charge is 2.21. The molecule has 2 aromatic carbocycles. The third-order valence-electron chi connectivity index (χ3n) is 5.00. The van der Waals surface area contributed by atoms with Crippen LogP contribution in [0.5, 0.6) is 0 Å². The smallest absolute Gasteiger partial charge is 0.329 e. The lowest BCUT2D eigenvalue weighted by atomic mass is 10.0. The zero-order valence-corrected chi connectivity index (χ0v) is 16.5. The molecule has 0 radical (unpaired) electrons. The van der Waals surface area contributed by atoms with Crippen LogP contribution in [0, 0.1) is 21.4 Å². The number of rotatable bonds is 5. The first-order valence-electron chi connectivity index (χ1n) is 9.38. The maximum absolute atomic E-state index is 11.3. The Kier molecular flexibility index (Phi) is 4.86. The Labute approximate surface area is 172 Å². The van der Waals surface area contributed by atoms with Crippen LogP contribution in [0.25, 0.3) is 16.8 Å². The van der Waals surface area contributed by atoms with Gasteiger partial charge in [-0.15, -0.1) is 0 Å². The van der Waals surface area contributed by atoms with E-state index in [-0.39, 0.29) is 11.3 Å². The molecule has 0 unspecified atom stereocenters. The molecule has 0 bridgehead atoms. The van der Waals surface area contributed by atoms with Gasteiger partial charge in [-0.2, -0.15) is 14.9 Å². The number of nitriles is 1. The van der Waals surface area contributed by atoms with Crippen molar-refractivity contribution in [2.24, 2.45) is 0 Å². The number of hydrogen-bond acceptors (Lipinski definition) is 6. The number of aryl methyl sites for hydroxylation is 1. The Hall–Kier alpha value is -4.25. The van der Waals surface area contributed by atoms with Crippen molar-refractivity contribution in [2.45, 2.75) is 13.3 Å². The van der Waals surface area contributed by atoms with Crippen molar-refractivity contribution in [1.29, 1.82) is 5.26 Å². The van der Waals surface area contributed by atoms with Gasteiger partial charge in [-0.25, -0.2) is 4.98 Å². The summed E-state index contributed by atoms with van der Waals surface area (Å²) in [6.07, 6.45) is 1.87. The second kappa shape index (κ2) is 7.64. The van der Waals surface area contributed by atoms with Gasteiger partial charge in [-0.3, -0.25) is 10.1 Å². The summed E-state index contributed by atoms with van der Waals surface area (Å²) in [6.45, 7) is 1.95. The molecule has 148 valence electrons. The van der Waals surface area contributed by atoms with E-state index in [0.29, 0.717) is 17.8 Å². The lowest BCUT2D eigenvalue weighted by molar-refractivity contribution is -0.383. The summed E-state index contributed by atoms with van der Waals surface area (Å²) in [6, 6.07) is 19.3. The maximum Gasteiger partial charge on any atom is 0.333 e. The van der Waals surface area contributed by atoms with E-state index < -0.39 is 4.92 Å². The first kappa shape index (κ1) is 19.1. The van der Waals surface area contributed by atoms with Gasteiger partial charge in [0.05, 0.1) is 16.6 Å². The first-order valence-corrected chi connectivity index (χ1v) is 9.38. The summed E-state index contributed by atoms with van der Waals surface area (Å²) >= 11 is 0. The molecule has 0 spiro atoms. The fraction of sp³-hybridized carbons (Fsp3) is 0.136. The fourth-order valence-corrected chi connectivity index (χ4v) is 3.36. The molecule has 0 saturated heterocycles.